The summed E-state index contributed by atoms with van der Waals surface area (Å²) in [5, 5.41) is 0. The third kappa shape index (κ3) is 2.20. The standard InChI is InChI=1S/C22H23FO4/c1-4-14-7-8-15(5-2)22(14)12-21(19(24)26-3,20(25)27-22)18-10-13-6-9-16(23)11-17(13)18/h4-6,9,11,14-15,18H,1-2,7-8,10,12H2,3H3/t14-,15-,18?,21-/m1/s1. The van der Waals surface area contributed by atoms with Gasteiger partial charge in [0.1, 0.15) is 11.4 Å². The largest absolute Gasteiger partial charge is 0.468 e. The van der Waals surface area contributed by atoms with Gasteiger partial charge < -0.3 is 9.47 Å². The minimum atomic E-state index is -1.46. The topological polar surface area (TPSA) is 52.6 Å². The second kappa shape index (κ2) is 6.04. The molecule has 4 atom stereocenters. The van der Waals surface area contributed by atoms with Crippen molar-refractivity contribution in [2.45, 2.75) is 37.2 Å². The van der Waals surface area contributed by atoms with Crippen molar-refractivity contribution < 1.29 is 23.5 Å². The fraction of sp³-hybridized carbons (Fsp3) is 0.455. The van der Waals surface area contributed by atoms with E-state index in [1.165, 1.54) is 19.2 Å². The van der Waals surface area contributed by atoms with Gasteiger partial charge in [-0.25, -0.2) is 4.39 Å². The molecule has 1 spiro atoms. The summed E-state index contributed by atoms with van der Waals surface area (Å²) in [6, 6.07) is 4.51. The Kier molecular flexibility index (Phi) is 4.02. The average molecular weight is 370 g/mol. The predicted octanol–water partition coefficient (Wildman–Crippen LogP) is 3.71. The fourth-order valence-corrected chi connectivity index (χ4v) is 5.44. The summed E-state index contributed by atoms with van der Waals surface area (Å²) in [4.78, 5) is 26.2. The third-order valence-electron chi connectivity index (χ3n) is 6.87. The molecule has 27 heavy (non-hydrogen) atoms. The van der Waals surface area contributed by atoms with E-state index in [1.807, 2.05) is 0 Å². The van der Waals surface area contributed by atoms with Crippen molar-refractivity contribution in [1.29, 1.82) is 0 Å². The van der Waals surface area contributed by atoms with Crippen LogP contribution in [0.5, 0.6) is 0 Å². The number of carbonyl (C=O) groups excluding carboxylic acids is 2. The van der Waals surface area contributed by atoms with E-state index in [9.17, 15) is 14.0 Å². The van der Waals surface area contributed by atoms with Crippen LogP contribution in [0, 0.1) is 23.1 Å². The number of hydrogen-bond donors (Lipinski definition) is 0. The number of benzene rings is 1. The van der Waals surface area contributed by atoms with Crippen molar-refractivity contribution in [1.82, 2.24) is 0 Å². The average Bonchev–Trinajstić information content (AvgIpc) is 3.14. The lowest BCUT2D eigenvalue weighted by Crippen LogP contribution is -2.47. The van der Waals surface area contributed by atoms with Gasteiger partial charge in [-0.05, 0) is 42.5 Å². The molecule has 142 valence electrons. The summed E-state index contributed by atoms with van der Waals surface area (Å²) in [7, 11) is 1.28. The van der Waals surface area contributed by atoms with Gasteiger partial charge in [0.05, 0.1) is 7.11 Å². The molecule has 2 fully saturated rings. The molecule has 2 aliphatic carbocycles. The first-order valence-electron chi connectivity index (χ1n) is 9.28. The summed E-state index contributed by atoms with van der Waals surface area (Å²) in [5.74, 6) is -2.12. The van der Waals surface area contributed by atoms with Gasteiger partial charge in [-0.15, -0.1) is 13.2 Å². The van der Waals surface area contributed by atoms with Gasteiger partial charge in [-0.1, -0.05) is 18.2 Å². The number of hydrogen-bond acceptors (Lipinski definition) is 4. The normalized spacial score (nSPS) is 33.1. The first-order valence-corrected chi connectivity index (χ1v) is 9.28. The van der Waals surface area contributed by atoms with Crippen LogP contribution in [0.4, 0.5) is 4.39 Å². The van der Waals surface area contributed by atoms with E-state index in [2.05, 4.69) is 13.2 Å². The van der Waals surface area contributed by atoms with E-state index in [0.29, 0.717) is 12.0 Å². The maximum Gasteiger partial charge on any atom is 0.324 e. The Bertz CT molecular complexity index is 829. The fourth-order valence-electron chi connectivity index (χ4n) is 5.44. The van der Waals surface area contributed by atoms with Gasteiger partial charge in [0.2, 0.25) is 0 Å². The van der Waals surface area contributed by atoms with Crippen LogP contribution in [-0.2, 0) is 25.5 Å². The molecule has 1 saturated carbocycles. The number of halogens is 1. The zero-order valence-corrected chi connectivity index (χ0v) is 15.4. The Labute approximate surface area is 158 Å². The number of fused-ring (bicyclic) bond motifs is 1. The minimum Gasteiger partial charge on any atom is -0.468 e. The zero-order valence-electron chi connectivity index (χ0n) is 15.4. The van der Waals surface area contributed by atoms with Crippen molar-refractivity contribution in [3.8, 4) is 0 Å². The number of ether oxygens (including phenoxy) is 2. The van der Waals surface area contributed by atoms with E-state index in [0.717, 1.165) is 18.4 Å². The lowest BCUT2D eigenvalue weighted by molar-refractivity contribution is -0.167. The van der Waals surface area contributed by atoms with Gasteiger partial charge in [0.25, 0.3) is 0 Å². The van der Waals surface area contributed by atoms with E-state index in [-0.39, 0.29) is 24.1 Å². The van der Waals surface area contributed by atoms with Crippen molar-refractivity contribution in [2.24, 2.45) is 17.3 Å². The smallest absolute Gasteiger partial charge is 0.324 e. The molecule has 1 unspecified atom stereocenters. The highest BCUT2D eigenvalue weighted by Crippen LogP contribution is 2.62. The number of esters is 2. The molecule has 1 saturated heterocycles. The zero-order chi connectivity index (χ0) is 19.4. The molecule has 1 heterocycles. The molecule has 0 radical (unpaired) electrons. The van der Waals surface area contributed by atoms with Gasteiger partial charge in [0.15, 0.2) is 5.41 Å². The summed E-state index contributed by atoms with van der Waals surface area (Å²) >= 11 is 0. The lowest BCUT2D eigenvalue weighted by atomic mass is 9.58. The predicted molar refractivity (Wildman–Crippen MR) is 97.3 cm³/mol. The first kappa shape index (κ1) is 18.0. The van der Waals surface area contributed by atoms with Gasteiger partial charge in [-0.2, -0.15) is 0 Å². The maximum atomic E-state index is 13.8. The molecule has 5 heteroatoms. The highest BCUT2D eigenvalue weighted by Gasteiger charge is 2.70. The third-order valence-corrected chi connectivity index (χ3v) is 6.87. The van der Waals surface area contributed by atoms with Gasteiger partial charge in [0, 0.05) is 24.2 Å². The van der Waals surface area contributed by atoms with Crippen LogP contribution in [0.25, 0.3) is 0 Å². The van der Waals surface area contributed by atoms with Crippen LogP contribution < -0.4 is 0 Å². The number of carbonyl (C=O) groups is 2. The molecule has 1 aromatic carbocycles. The molecular weight excluding hydrogens is 347 g/mol. The second-order valence-electron chi connectivity index (χ2n) is 7.85. The summed E-state index contributed by atoms with van der Waals surface area (Å²) in [5.41, 5.74) is -0.650. The Morgan fingerprint density at radius 3 is 2.56 bits per heavy atom. The molecule has 3 aliphatic rings. The van der Waals surface area contributed by atoms with Crippen LogP contribution in [0.2, 0.25) is 0 Å². The highest BCUT2D eigenvalue weighted by atomic mass is 19.1. The van der Waals surface area contributed by atoms with Crippen LogP contribution >= 0.6 is 0 Å². The molecule has 0 bridgehead atoms. The van der Waals surface area contributed by atoms with E-state index in [4.69, 9.17) is 9.47 Å². The van der Waals surface area contributed by atoms with Crippen LogP contribution in [-0.4, -0.2) is 24.6 Å². The van der Waals surface area contributed by atoms with Crippen molar-refractivity contribution in [3.63, 3.8) is 0 Å². The SMILES string of the molecule is C=C[C@@H]1CC[C@@H](C=C)C12C[C@](C(=O)OC)(C1Cc3ccc(F)cc31)C(=O)O2. The Hall–Kier alpha value is -2.43. The monoisotopic (exact) mass is 370 g/mol. The Morgan fingerprint density at radius 2 is 1.96 bits per heavy atom. The Balaban J connectivity index is 1.82. The molecule has 4 rings (SSSR count). The van der Waals surface area contributed by atoms with E-state index in [1.54, 1.807) is 18.2 Å². The summed E-state index contributed by atoms with van der Waals surface area (Å²) < 4.78 is 24.9. The molecule has 0 aromatic heterocycles. The van der Waals surface area contributed by atoms with Gasteiger partial charge in [-0.3, -0.25) is 9.59 Å². The van der Waals surface area contributed by atoms with Crippen molar-refractivity contribution >= 4 is 11.9 Å². The number of rotatable bonds is 4. The molecule has 1 aliphatic heterocycles. The van der Waals surface area contributed by atoms with E-state index < -0.39 is 28.9 Å². The molecule has 0 amide bonds. The van der Waals surface area contributed by atoms with Crippen molar-refractivity contribution in [3.05, 3.63) is 60.5 Å². The quantitative estimate of drug-likeness (QED) is 0.461. The summed E-state index contributed by atoms with van der Waals surface area (Å²) in [6.45, 7) is 7.81. The second-order valence-corrected chi connectivity index (χ2v) is 7.85. The van der Waals surface area contributed by atoms with Crippen LogP contribution in [0.3, 0.4) is 0 Å². The van der Waals surface area contributed by atoms with Crippen LogP contribution in [0.1, 0.15) is 36.3 Å². The molecule has 4 nitrogen and oxygen atoms in total. The van der Waals surface area contributed by atoms with E-state index >= 15 is 0 Å². The number of methoxy groups -OCH3 is 1. The highest BCUT2D eigenvalue weighted by molar-refractivity contribution is 6.03. The summed E-state index contributed by atoms with van der Waals surface area (Å²) in [6.07, 6.45) is 5.98. The Morgan fingerprint density at radius 1 is 1.30 bits per heavy atom. The first-order chi connectivity index (χ1) is 12.9. The van der Waals surface area contributed by atoms with Gasteiger partial charge >= 0.3 is 11.9 Å². The lowest BCUT2D eigenvalue weighted by Gasteiger charge is -2.40. The maximum absolute atomic E-state index is 13.8. The molecule has 1 aromatic rings. The molecular formula is C22H23FO4. The molecule has 0 N–H and O–H groups in total. The minimum absolute atomic E-state index is 0.0527. The van der Waals surface area contributed by atoms with Crippen LogP contribution in [0.15, 0.2) is 43.5 Å². The van der Waals surface area contributed by atoms with Crippen molar-refractivity contribution in [2.75, 3.05) is 7.11 Å².